The van der Waals surface area contributed by atoms with E-state index in [1.165, 1.54) is 6.42 Å². The maximum Gasteiger partial charge on any atom is 0.146 e. The summed E-state index contributed by atoms with van der Waals surface area (Å²) in [5.74, 6) is 2.12. The molecule has 2 rings (SSSR count). The SMILES string of the molecule is COc1cccc(OC2CC(C)CC(C)(C)C2)c1N. The molecule has 3 heteroatoms. The zero-order chi connectivity index (χ0) is 14.0. The highest BCUT2D eigenvalue weighted by Gasteiger charge is 2.33. The van der Waals surface area contributed by atoms with E-state index in [1.54, 1.807) is 7.11 Å². The van der Waals surface area contributed by atoms with Gasteiger partial charge in [0, 0.05) is 0 Å². The molecule has 0 aliphatic heterocycles. The van der Waals surface area contributed by atoms with Crippen LogP contribution in [-0.2, 0) is 0 Å². The second-order valence-corrected chi connectivity index (χ2v) is 6.53. The molecule has 0 aromatic heterocycles. The minimum Gasteiger partial charge on any atom is -0.494 e. The number of nitrogens with two attached hydrogens (primary N) is 1. The summed E-state index contributed by atoms with van der Waals surface area (Å²) in [7, 11) is 1.63. The molecule has 19 heavy (non-hydrogen) atoms. The molecule has 0 heterocycles. The quantitative estimate of drug-likeness (QED) is 0.842. The molecule has 0 amide bonds. The van der Waals surface area contributed by atoms with Crippen molar-refractivity contribution in [2.75, 3.05) is 12.8 Å². The van der Waals surface area contributed by atoms with E-state index in [1.807, 2.05) is 18.2 Å². The highest BCUT2D eigenvalue weighted by atomic mass is 16.5. The summed E-state index contributed by atoms with van der Waals surface area (Å²) in [6, 6.07) is 5.70. The van der Waals surface area contributed by atoms with Crippen molar-refractivity contribution in [2.24, 2.45) is 11.3 Å². The van der Waals surface area contributed by atoms with Crippen LogP contribution in [0.2, 0.25) is 0 Å². The molecule has 3 nitrogen and oxygen atoms in total. The Labute approximate surface area is 116 Å². The van der Waals surface area contributed by atoms with Crippen LogP contribution in [0.1, 0.15) is 40.0 Å². The predicted octanol–water partition coefficient (Wildman–Crippen LogP) is 3.87. The van der Waals surface area contributed by atoms with Gasteiger partial charge in [-0.1, -0.05) is 26.8 Å². The van der Waals surface area contributed by atoms with Crippen molar-refractivity contribution >= 4 is 5.69 Å². The summed E-state index contributed by atoms with van der Waals surface area (Å²) in [6.45, 7) is 6.92. The van der Waals surface area contributed by atoms with Crippen molar-refractivity contribution < 1.29 is 9.47 Å². The Bertz CT molecular complexity index is 442. The minimum atomic E-state index is 0.244. The van der Waals surface area contributed by atoms with Gasteiger partial charge in [-0.05, 0) is 42.7 Å². The molecule has 106 valence electrons. The maximum atomic E-state index is 6.13. The Morgan fingerprint density at radius 3 is 2.53 bits per heavy atom. The van der Waals surface area contributed by atoms with Gasteiger partial charge in [-0.15, -0.1) is 0 Å². The first-order valence-electron chi connectivity index (χ1n) is 7.00. The third-order valence-electron chi connectivity index (χ3n) is 3.89. The first kappa shape index (κ1) is 14.0. The maximum absolute atomic E-state index is 6.13. The molecule has 1 saturated carbocycles. The molecule has 1 aliphatic rings. The lowest BCUT2D eigenvalue weighted by Gasteiger charge is -2.39. The van der Waals surface area contributed by atoms with Gasteiger partial charge in [0.2, 0.25) is 0 Å². The van der Waals surface area contributed by atoms with Crippen molar-refractivity contribution in [3.63, 3.8) is 0 Å². The molecule has 1 aliphatic carbocycles. The summed E-state index contributed by atoms with van der Waals surface area (Å²) in [5, 5.41) is 0. The van der Waals surface area contributed by atoms with Crippen LogP contribution in [0.3, 0.4) is 0 Å². The molecule has 0 saturated heterocycles. The van der Waals surface area contributed by atoms with E-state index < -0.39 is 0 Å². The zero-order valence-corrected chi connectivity index (χ0v) is 12.4. The fourth-order valence-electron chi connectivity index (χ4n) is 3.33. The van der Waals surface area contributed by atoms with Crippen molar-refractivity contribution in [3.05, 3.63) is 18.2 Å². The molecule has 1 aromatic carbocycles. The van der Waals surface area contributed by atoms with Crippen LogP contribution in [0.4, 0.5) is 5.69 Å². The number of anilines is 1. The van der Waals surface area contributed by atoms with Crippen molar-refractivity contribution in [1.29, 1.82) is 0 Å². The zero-order valence-electron chi connectivity index (χ0n) is 12.4. The van der Waals surface area contributed by atoms with E-state index in [9.17, 15) is 0 Å². The topological polar surface area (TPSA) is 44.5 Å². The molecule has 1 fully saturated rings. The Balaban J connectivity index is 2.13. The number of nitrogen functional groups attached to an aromatic ring is 1. The standard InChI is InChI=1S/C16H25NO2/c1-11-8-12(10-16(2,3)9-11)19-14-7-5-6-13(18-4)15(14)17/h5-7,11-12H,8-10,17H2,1-4H3. The van der Waals surface area contributed by atoms with Gasteiger partial charge < -0.3 is 15.2 Å². The minimum absolute atomic E-state index is 0.244. The Hall–Kier alpha value is -1.38. The highest BCUT2D eigenvalue weighted by molar-refractivity contribution is 5.62. The van der Waals surface area contributed by atoms with E-state index in [0.717, 1.165) is 18.6 Å². The van der Waals surface area contributed by atoms with Crippen molar-refractivity contribution in [1.82, 2.24) is 0 Å². The average molecular weight is 263 g/mol. The van der Waals surface area contributed by atoms with E-state index in [-0.39, 0.29) is 6.10 Å². The van der Waals surface area contributed by atoms with Crippen LogP contribution in [0.25, 0.3) is 0 Å². The largest absolute Gasteiger partial charge is 0.494 e. The predicted molar refractivity (Wildman–Crippen MR) is 78.6 cm³/mol. The first-order chi connectivity index (χ1) is 8.91. The number of hydrogen-bond acceptors (Lipinski definition) is 3. The summed E-state index contributed by atoms with van der Waals surface area (Å²) in [4.78, 5) is 0. The molecule has 2 N–H and O–H groups in total. The average Bonchev–Trinajstić information content (AvgIpc) is 2.29. The number of rotatable bonds is 3. The van der Waals surface area contributed by atoms with Crippen LogP contribution in [0.5, 0.6) is 11.5 Å². The van der Waals surface area contributed by atoms with E-state index in [4.69, 9.17) is 15.2 Å². The van der Waals surface area contributed by atoms with Gasteiger partial charge in [0.15, 0.2) is 0 Å². The number of para-hydroxylation sites is 1. The van der Waals surface area contributed by atoms with Crippen molar-refractivity contribution in [3.8, 4) is 11.5 Å². The second-order valence-electron chi connectivity index (χ2n) is 6.53. The van der Waals surface area contributed by atoms with Crippen LogP contribution in [0, 0.1) is 11.3 Å². The smallest absolute Gasteiger partial charge is 0.146 e. The molecule has 2 unspecified atom stereocenters. The van der Waals surface area contributed by atoms with Crippen LogP contribution >= 0.6 is 0 Å². The normalized spacial score (nSPS) is 25.9. The van der Waals surface area contributed by atoms with Gasteiger partial charge in [0.1, 0.15) is 17.2 Å². The lowest BCUT2D eigenvalue weighted by molar-refractivity contribution is 0.0566. The number of ether oxygens (including phenoxy) is 2. The Morgan fingerprint density at radius 1 is 1.21 bits per heavy atom. The molecule has 0 bridgehead atoms. The van der Waals surface area contributed by atoms with E-state index in [0.29, 0.717) is 22.8 Å². The van der Waals surface area contributed by atoms with Crippen molar-refractivity contribution in [2.45, 2.75) is 46.1 Å². The summed E-state index contributed by atoms with van der Waals surface area (Å²) in [6.07, 6.45) is 3.68. The second kappa shape index (κ2) is 5.32. The molecular weight excluding hydrogens is 238 g/mol. The third kappa shape index (κ3) is 3.34. The summed E-state index contributed by atoms with van der Waals surface area (Å²) in [5.41, 5.74) is 7.00. The van der Waals surface area contributed by atoms with Crippen LogP contribution in [-0.4, -0.2) is 13.2 Å². The van der Waals surface area contributed by atoms with Gasteiger partial charge in [-0.25, -0.2) is 0 Å². The first-order valence-corrected chi connectivity index (χ1v) is 7.00. The van der Waals surface area contributed by atoms with Crippen LogP contribution in [0.15, 0.2) is 18.2 Å². The van der Waals surface area contributed by atoms with Crippen LogP contribution < -0.4 is 15.2 Å². The van der Waals surface area contributed by atoms with Gasteiger partial charge in [-0.2, -0.15) is 0 Å². The lowest BCUT2D eigenvalue weighted by atomic mass is 9.71. The number of methoxy groups -OCH3 is 1. The van der Waals surface area contributed by atoms with Gasteiger partial charge in [0.25, 0.3) is 0 Å². The molecular formula is C16H25NO2. The highest BCUT2D eigenvalue weighted by Crippen LogP contribution is 2.41. The Morgan fingerprint density at radius 2 is 1.89 bits per heavy atom. The van der Waals surface area contributed by atoms with E-state index >= 15 is 0 Å². The number of hydrogen-bond donors (Lipinski definition) is 1. The van der Waals surface area contributed by atoms with Gasteiger partial charge in [0.05, 0.1) is 13.2 Å². The summed E-state index contributed by atoms with van der Waals surface area (Å²) < 4.78 is 11.4. The lowest BCUT2D eigenvalue weighted by Crippen LogP contribution is -2.34. The molecule has 0 radical (unpaired) electrons. The number of benzene rings is 1. The van der Waals surface area contributed by atoms with Gasteiger partial charge >= 0.3 is 0 Å². The fourth-order valence-corrected chi connectivity index (χ4v) is 3.33. The Kier molecular flexibility index (Phi) is 3.93. The van der Waals surface area contributed by atoms with Gasteiger partial charge in [-0.3, -0.25) is 0 Å². The molecule has 2 atom stereocenters. The molecule has 1 aromatic rings. The van der Waals surface area contributed by atoms with E-state index in [2.05, 4.69) is 20.8 Å². The fraction of sp³-hybridized carbons (Fsp3) is 0.625. The monoisotopic (exact) mass is 263 g/mol. The summed E-state index contributed by atoms with van der Waals surface area (Å²) >= 11 is 0. The third-order valence-corrected chi connectivity index (χ3v) is 3.89. The molecule has 0 spiro atoms.